The predicted octanol–water partition coefficient (Wildman–Crippen LogP) is 2.59. The standard InChI is InChI=1S/C21H25ClN6S/c1-27-18-9-8-16(22)14-17(18)19(15-6-3-2-4-7-15)24-20(26-27)25-21(29)28-12-5-10-23-11-13-28/h2-4,6-9,14,20,23,26H,5,10-13H2,1H3,(H,25,29). The number of fused-ring (bicyclic) bond motifs is 1. The van der Waals surface area contributed by atoms with Crippen molar-refractivity contribution in [1.82, 2.24) is 21.0 Å². The van der Waals surface area contributed by atoms with E-state index in [2.05, 4.69) is 33.1 Å². The van der Waals surface area contributed by atoms with Gasteiger partial charge in [-0.25, -0.2) is 4.99 Å². The topological polar surface area (TPSA) is 54.9 Å². The zero-order valence-electron chi connectivity index (χ0n) is 16.4. The molecule has 0 aromatic heterocycles. The Hall–Kier alpha value is -2.19. The van der Waals surface area contributed by atoms with Gasteiger partial charge in [-0.05, 0) is 43.4 Å². The molecular weight excluding hydrogens is 404 g/mol. The van der Waals surface area contributed by atoms with E-state index in [4.69, 9.17) is 28.8 Å². The molecule has 4 rings (SSSR count). The van der Waals surface area contributed by atoms with Crippen LogP contribution in [0.1, 0.15) is 17.5 Å². The Balaban J connectivity index is 1.67. The van der Waals surface area contributed by atoms with Crippen molar-refractivity contribution in [3.05, 3.63) is 64.7 Å². The summed E-state index contributed by atoms with van der Waals surface area (Å²) in [7, 11) is 1.98. The molecule has 3 N–H and O–H groups in total. The van der Waals surface area contributed by atoms with Gasteiger partial charge in [0, 0.05) is 42.8 Å². The quantitative estimate of drug-likeness (QED) is 0.639. The number of hydrogen-bond acceptors (Lipinski definition) is 5. The molecule has 0 spiro atoms. The van der Waals surface area contributed by atoms with Crippen molar-refractivity contribution in [3.8, 4) is 0 Å². The number of nitrogens with one attached hydrogen (secondary N) is 3. The van der Waals surface area contributed by atoms with Crippen LogP contribution in [0.3, 0.4) is 0 Å². The fourth-order valence-corrected chi connectivity index (χ4v) is 4.08. The van der Waals surface area contributed by atoms with Crippen molar-refractivity contribution in [2.45, 2.75) is 12.7 Å². The fourth-order valence-electron chi connectivity index (χ4n) is 3.62. The van der Waals surface area contributed by atoms with Crippen LogP contribution in [-0.4, -0.2) is 55.2 Å². The molecule has 2 heterocycles. The molecule has 0 aliphatic carbocycles. The van der Waals surface area contributed by atoms with Crippen LogP contribution in [0.25, 0.3) is 0 Å². The Labute approximate surface area is 181 Å². The molecule has 2 aliphatic rings. The van der Waals surface area contributed by atoms with Crippen molar-refractivity contribution in [3.63, 3.8) is 0 Å². The van der Waals surface area contributed by atoms with Gasteiger partial charge >= 0.3 is 0 Å². The van der Waals surface area contributed by atoms with Gasteiger partial charge in [-0.15, -0.1) is 0 Å². The predicted molar refractivity (Wildman–Crippen MR) is 124 cm³/mol. The van der Waals surface area contributed by atoms with Crippen LogP contribution in [0.15, 0.2) is 53.5 Å². The third kappa shape index (κ3) is 4.70. The van der Waals surface area contributed by atoms with Crippen molar-refractivity contribution < 1.29 is 0 Å². The van der Waals surface area contributed by atoms with E-state index in [1.165, 1.54) is 0 Å². The molecule has 6 nitrogen and oxygen atoms in total. The van der Waals surface area contributed by atoms with E-state index in [9.17, 15) is 0 Å². The number of rotatable bonds is 2. The third-order valence-electron chi connectivity index (χ3n) is 5.08. The van der Waals surface area contributed by atoms with Crippen LogP contribution >= 0.6 is 23.8 Å². The van der Waals surface area contributed by atoms with Gasteiger partial charge in [0.2, 0.25) is 0 Å². The van der Waals surface area contributed by atoms with E-state index < -0.39 is 6.29 Å². The van der Waals surface area contributed by atoms with Crippen molar-refractivity contribution in [2.24, 2.45) is 4.99 Å². The van der Waals surface area contributed by atoms with E-state index in [1.807, 2.05) is 48.5 Å². The van der Waals surface area contributed by atoms with Gasteiger partial charge < -0.3 is 20.5 Å². The summed E-state index contributed by atoms with van der Waals surface area (Å²) >= 11 is 12.0. The summed E-state index contributed by atoms with van der Waals surface area (Å²) in [4.78, 5) is 7.20. The largest absolute Gasteiger partial charge is 0.348 e. The summed E-state index contributed by atoms with van der Waals surface area (Å²) in [6.07, 6.45) is 0.674. The van der Waals surface area contributed by atoms with Gasteiger partial charge in [0.1, 0.15) is 0 Å². The van der Waals surface area contributed by atoms with Gasteiger partial charge in [-0.3, -0.25) is 0 Å². The maximum absolute atomic E-state index is 6.33. The monoisotopic (exact) mass is 428 g/mol. The second-order valence-electron chi connectivity index (χ2n) is 7.14. The molecule has 1 fully saturated rings. The summed E-state index contributed by atoms with van der Waals surface area (Å²) in [6.45, 7) is 3.78. The molecule has 2 aromatic carbocycles. The normalized spacial score (nSPS) is 19.7. The number of benzene rings is 2. The second kappa shape index (κ2) is 9.09. The van der Waals surface area contributed by atoms with Crippen LogP contribution < -0.4 is 21.1 Å². The molecule has 29 heavy (non-hydrogen) atoms. The SMILES string of the molecule is CN1NC(NC(=S)N2CCCNCC2)N=C(c2ccccc2)c2cc(Cl)ccc21. The van der Waals surface area contributed by atoms with Crippen molar-refractivity contribution in [2.75, 3.05) is 38.2 Å². The highest BCUT2D eigenvalue weighted by Crippen LogP contribution is 2.28. The maximum Gasteiger partial charge on any atom is 0.192 e. The Morgan fingerprint density at radius 2 is 2.00 bits per heavy atom. The Morgan fingerprint density at radius 3 is 2.83 bits per heavy atom. The first-order valence-electron chi connectivity index (χ1n) is 9.81. The molecule has 0 bridgehead atoms. The van der Waals surface area contributed by atoms with Gasteiger partial charge in [0.15, 0.2) is 11.4 Å². The number of nitrogens with zero attached hydrogens (tertiary/aromatic N) is 3. The zero-order valence-corrected chi connectivity index (χ0v) is 17.9. The lowest BCUT2D eigenvalue weighted by molar-refractivity contribution is 0.412. The molecule has 2 aliphatic heterocycles. The van der Waals surface area contributed by atoms with Crippen LogP contribution in [0.4, 0.5) is 5.69 Å². The molecular formula is C21H25ClN6S. The first-order chi connectivity index (χ1) is 14.1. The van der Waals surface area contributed by atoms with E-state index in [0.29, 0.717) is 10.1 Å². The Morgan fingerprint density at radius 1 is 1.17 bits per heavy atom. The van der Waals surface area contributed by atoms with E-state index in [-0.39, 0.29) is 0 Å². The summed E-state index contributed by atoms with van der Waals surface area (Å²) in [5.41, 5.74) is 7.29. The minimum absolute atomic E-state index is 0.398. The first kappa shape index (κ1) is 20.1. The molecule has 152 valence electrons. The molecule has 1 unspecified atom stereocenters. The lowest BCUT2D eigenvalue weighted by atomic mass is 10.0. The molecule has 0 amide bonds. The highest BCUT2D eigenvalue weighted by molar-refractivity contribution is 7.80. The molecule has 0 radical (unpaired) electrons. The summed E-state index contributed by atoms with van der Waals surface area (Å²) in [6, 6.07) is 16.0. The van der Waals surface area contributed by atoms with Crippen LogP contribution in [0, 0.1) is 0 Å². The highest BCUT2D eigenvalue weighted by atomic mass is 35.5. The Bertz CT molecular complexity index is 895. The summed E-state index contributed by atoms with van der Waals surface area (Å²) < 4.78 is 0. The number of aliphatic imine (C=N–C) groups is 1. The van der Waals surface area contributed by atoms with E-state index >= 15 is 0 Å². The van der Waals surface area contributed by atoms with Gasteiger partial charge in [-0.2, -0.15) is 5.43 Å². The smallest absolute Gasteiger partial charge is 0.192 e. The molecule has 2 aromatic rings. The van der Waals surface area contributed by atoms with E-state index in [0.717, 1.165) is 55.1 Å². The molecule has 0 saturated carbocycles. The first-order valence-corrected chi connectivity index (χ1v) is 10.6. The number of thiocarbonyl (C=S) groups is 1. The highest BCUT2D eigenvalue weighted by Gasteiger charge is 2.24. The van der Waals surface area contributed by atoms with Gasteiger partial charge in [-0.1, -0.05) is 41.9 Å². The third-order valence-corrected chi connectivity index (χ3v) is 5.70. The summed E-state index contributed by atoms with van der Waals surface area (Å²) in [5, 5.41) is 10.2. The molecule has 1 atom stereocenters. The average molecular weight is 429 g/mol. The van der Waals surface area contributed by atoms with Gasteiger partial charge in [0.25, 0.3) is 0 Å². The van der Waals surface area contributed by atoms with Crippen LogP contribution in [0.5, 0.6) is 0 Å². The van der Waals surface area contributed by atoms with Crippen LogP contribution in [-0.2, 0) is 0 Å². The summed E-state index contributed by atoms with van der Waals surface area (Å²) in [5.74, 6) is 0. The fraction of sp³-hybridized carbons (Fsp3) is 0.333. The minimum Gasteiger partial charge on any atom is -0.348 e. The van der Waals surface area contributed by atoms with Crippen molar-refractivity contribution in [1.29, 1.82) is 0 Å². The average Bonchev–Trinajstić information content (AvgIpc) is 3.07. The number of halogens is 1. The molecule has 1 saturated heterocycles. The molecule has 8 heteroatoms. The van der Waals surface area contributed by atoms with Gasteiger partial charge in [0.05, 0.1) is 11.4 Å². The van der Waals surface area contributed by atoms with E-state index in [1.54, 1.807) is 0 Å². The Kier molecular flexibility index (Phi) is 6.30. The lowest BCUT2D eigenvalue weighted by Gasteiger charge is -2.29. The minimum atomic E-state index is -0.398. The number of anilines is 1. The van der Waals surface area contributed by atoms with Crippen LogP contribution in [0.2, 0.25) is 5.02 Å². The lowest BCUT2D eigenvalue weighted by Crippen LogP contribution is -2.54. The number of hydrazine groups is 1. The number of hydrogen-bond donors (Lipinski definition) is 3. The zero-order chi connectivity index (χ0) is 20.2. The second-order valence-corrected chi connectivity index (χ2v) is 7.96. The maximum atomic E-state index is 6.33. The van der Waals surface area contributed by atoms with Crippen molar-refractivity contribution >= 4 is 40.3 Å².